The van der Waals surface area contributed by atoms with Crippen LogP contribution in [0.2, 0.25) is 5.02 Å². The Balaban J connectivity index is 1.63. The Morgan fingerprint density at radius 2 is 1.96 bits per heavy atom. The van der Waals surface area contributed by atoms with Crippen LogP contribution in [0.4, 0.5) is 5.69 Å². The number of anilines is 1. The first kappa shape index (κ1) is 17.8. The number of halogens is 1. The predicted octanol–water partition coefficient (Wildman–Crippen LogP) is 4.20. The van der Waals surface area contributed by atoms with Crippen molar-refractivity contribution in [1.82, 2.24) is 0 Å². The molecule has 26 heavy (non-hydrogen) atoms. The maximum atomic E-state index is 12.1. The van der Waals surface area contributed by atoms with Gasteiger partial charge in [0.2, 0.25) is 5.76 Å². The highest BCUT2D eigenvalue weighted by Crippen LogP contribution is 2.25. The molecule has 134 valence electrons. The van der Waals surface area contributed by atoms with E-state index >= 15 is 0 Å². The molecule has 7 heteroatoms. The number of benzene rings is 2. The van der Waals surface area contributed by atoms with Crippen LogP contribution in [0, 0.1) is 6.92 Å². The van der Waals surface area contributed by atoms with E-state index in [9.17, 15) is 9.59 Å². The number of nitrogens with one attached hydrogen (secondary N) is 1. The third-order valence-electron chi connectivity index (χ3n) is 3.64. The maximum absolute atomic E-state index is 12.1. The quantitative estimate of drug-likeness (QED) is 0.678. The molecule has 3 aromatic rings. The van der Waals surface area contributed by atoms with E-state index in [4.69, 9.17) is 25.5 Å². The van der Waals surface area contributed by atoms with Gasteiger partial charge in [-0.15, -0.1) is 0 Å². The van der Waals surface area contributed by atoms with Crippen LogP contribution in [0.5, 0.6) is 5.75 Å². The Labute approximate surface area is 154 Å². The number of carbonyl (C=O) groups is 2. The Kier molecular flexibility index (Phi) is 5.14. The standard InChI is InChI=1S/C19H16ClNO5/c1-11-3-5-16(24-2)14(7-11)21-18(22)10-25-19(23)17-9-12-8-13(20)4-6-15(12)26-17/h3-9H,10H2,1-2H3,(H,21,22). The summed E-state index contributed by atoms with van der Waals surface area (Å²) in [7, 11) is 1.51. The van der Waals surface area contributed by atoms with E-state index in [1.807, 2.05) is 13.0 Å². The lowest BCUT2D eigenvalue weighted by Gasteiger charge is -2.11. The number of rotatable bonds is 5. The molecule has 0 aliphatic carbocycles. The molecule has 6 nitrogen and oxygen atoms in total. The van der Waals surface area contributed by atoms with Gasteiger partial charge in [-0.05, 0) is 48.9 Å². The van der Waals surface area contributed by atoms with Gasteiger partial charge in [-0.25, -0.2) is 4.79 Å². The van der Waals surface area contributed by atoms with Gasteiger partial charge in [0.25, 0.3) is 5.91 Å². The summed E-state index contributed by atoms with van der Waals surface area (Å²) in [4.78, 5) is 24.1. The number of carbonyl (C=O) groups excluding carboxylic acids is 2. The molecule has 0 radical (unpaired) electrons. The average Bonchev–Trinajstić information content (AvgIpc) is 3.03. The lowest BCUT2D eigenvalue weighted by atomic mass is 10.2. The van der Waals surface area contributed by atoms with Gasteiger partial charge < -0.3 is 19.2 Å². The molecule has 1 N–H and O–H groups in total. The topological polar surface area (TPSA) is 77.8 Å². The van der Waals surface area contributed by atoms with Crippen LogP contribution < -0.4 is 10.1 Å². The van der Waals surface area contributed by atoms with Crippen molar-refractivity contribution in [3.63, 3.8) is 0 Å². The molecule has 1 aromatic heterocycles. The van der Waals surface area contributed by atoms with E-state index in [1.54, 1.807) is 30.3 Å². The third kappa shape index (κ3) is 3.97. The van der Waals surface area contributed by atoms with Crippen molar-refractivity contribution in [2.45, 2.75) is 6.92 Å². The van der Waals surface area contributed by atoms with Gasteiger partial charge in [-0.2, -0.15) is 0 Å². The zero-order valence-corrected chi connectivity index (χ0v) is 14.9. The zero-order chi connectivity index (χ0) is 18.7. The largest absolute Gasteiger partial charge is 0.495 e. The summed E-state index contributed by atoms with van der Waals surface area (Å²) in [5, 5.41) is 3.87. The van der Waals surface area contributed by atoms with Crippen LogP contribution in [0.25, 0.3) is 11.0 Å². The molecule has 0 bridgehead atoms. The van der Waals surface area contributed by atoms with E-state index < -0.39 is 18.5 Å². The number of furan rings is 1. The van der Waals surface area contributed by atoms with Crippen molar-refractivity contribution < 1.29 is 23.5 Å². The number of aryl methyl sites for hydroxylation is 1. The van der Waals surface area contributed by atoms with Crippen LogP contribution in [0.3, 0.4) is 0 Å². The van der Waals surface area contributed by atoms with E-state index in [1.165, 1.54) is 13.2 Å². The fraction of sp³-hybridized carbons (Fsp3) is 0.158. The molecule has 1 heterocycles. The summed E-state index contributed by atoms with van der Waals surface area (Å²) in [6.07, 6.45) is 0. The summed E-state index contributed by atoms with van der Waals surface area (Å²) in [6, 6.07) is 11.9. The smallest absolute Gasteiger partial charge is 0.374 e. The molecule has 0 atom stereocenters. The molecule has 3 rings (SSSR count). The van der Waals surface area contributed by atoms with Crippen LogP contribution in [-0.4, -0.2) is 25.6 Å². The molecular formula is C19H16ClNO5. The molecule has 0 spiro atoms. The lowest BCUT2D eigenvalue weighted by Crippen LogP contribution is -2.21. The SMILES string of the molecule is COc1ccc(C)cc1NC(=O)COC(=O)c1cc2cc(Cl)ccc2o1. The van der Waals surface area contributed by atoms with E-state index in [-0.39, 0.29) is 5.76 Å². The van der Waals surface area contributed by atoms with E-state index in [0.717, 1.165) is 5.56 Å². The summed E-state index contributed by atoms with van der Waals surface area (Å²) in [5.41, 5.74) is 1.97. The summed E-state index contributed by atoms with van der Waals surface area (Å²) < 4.78 is 15.6. The Bertz CT molecular complexity index is 979. The highest BCUT2D eigenvalue weighted by molar-refractivity contribution is 6.31. The summed E-state index contributed by atoms with van der Waals surface area (Å²) in [6.45, 7) is 1.44. The van der Waals surface area contributed by atoms with Crippen LogP contribution >= 0.6 is 11.6 Å². The number of hydrogen-bond donors (Lipinski definition) is 1. The first-order chi connectivity index (χ1) is 12.5. The molecule has 0 saturated heterocycles. The zero-order valence-electron chi connectivity index (χ0n) is 14.2. The van der Waals surface area contributed by atoms with Gasteiger partial charge in [0.1, 0.15) is 11.3 Å². The van der Waals surface area contributed by atoms with Crippen molar-refractivity contribution in [2.24, 2.45) is 0 Å². The highest BCUT2D eigenvalue weighted by atomic mass is 35.5. The lowest BCUT2D eigenvalue weighted by molar-refractivity contribution is -0.119. The van der Waals surface area contributed by atoms with Crippen molar-refractivity contribution in [2.75, 3.05) is 19.0 Å². The molecular weight excluding hydrogens is 358 g/mol. The molecule has 1 amide bonds. The number of methoxy groups -OCH3 is 1. The van der Waals surface area contributed by atoms with Crippen molar-refractivity contribution in [3.05, 3.63) is 58.8 Å². The van der Waals surface area contributed by atoms with Gasteiger partial charge >= 0.3 is 5.97 Å². The third-order valence-corrected chi connectivity index (χ3v) is 3.88. The van der Waals surface area contributed by atoms with Crippen molar-refractivity contribution in [1.29, 1.82) is 0 Å². The fourth-order valence-electron chi connectivity index (χ4n) is 2.42. The fourth-order valence-corrected chi connectivity index (χ4v) is 2.60. The van der Waals surface area contributed by atoms with Crippen LogP contribution in [0.15, 0.2) is 46.9 Å². The minimum atomic E-state index is -0.733. The molecule has 0 aliphatic rings. The molecule has 2 aromatic carbocycles. The number of amides is 1. The average molecular weight is 374 g/mol. The van der Waals surface area contributed by atoms with Gasteiger partial charge in [-0.3, -0.25) is 4.79 Å². The second-order valence-corrected chi connectivity index (χ2v) is 6.06. The maximum Gasteiger partial charge on any atom is 0.374 e. The Morgan fingerprint density at radius 1 is 1.15 bits per heavy atom. The van der Waals surface area contributed by atoms with Gasteiger partial charge in [0.15, 0.2) is 6.61 Å². The molecule has 0 fully saturated rings. The number of ether oxygens (including phenoxy) is 2. The van der Waals surface area contributed by atoms with Gasteiger partial charge in [0.05, 0.1) is 12.8 Å². The van der Waals surface area contributed by atoms with Crippen molar-refractivity contribution in [3.8, 4) is 5.75 Å². The van der Waals surface area contributed by atoms with Crippen LogP contribution in [0.1, 0.15) is 16.1 Å². The van der Waals surface area contributed by atoms with Crippen molar-refractivity contribution >= 4 is 40.1 Å². The first-order valence-corrected chi connectivity index (χ1v) is 8.15. The Hall–Kier alpha value is -2.99. The van der Waals surface area contributed by atoms with E-state index in [0.29, 0.717) is 27.4 Å². The monoisotopic (exact) mass is 373 g/mol. The Morgan fingerprint density at radius 3 is 2.73 bits per heavy atom. The van der Waals surface area contributed by atoms with Gasteiger partial charge in [0, 0.05) is 10.4 Å². The number of fused-ring (bicyclic) bond motifs is 1. The summed E-state index contributed by atoms with van der Waals surface area (Å²) in [5.74, 6) is -0.697. The summed E-state index contributed by atoms with van der Waals surface area (Å²) >= 11 is 5.90. The van der Waals surface area contributed by atoms with Gasteiger partial charge in [-0.1, -0.05) is 17.7 Å². The first-order valence-electron chi connectivity index (χ1n) is 7.77. The predicted molar refractivity (Wildman–Crippen MR) is 97.9 cm³/mol. The van der Waals surface area contributed by atoms with Crippen LogP contribution in [-0.2, 0) is 9.53 Å². The molecule has 0 saturated carbocycles. The number of esters is 1. The van der Waals surface area contributed by atoms with E-state index in [2.05, 4.69) is 5.32 Å². The second kappa shape index (κ2) is 7.49. The normalized spacial score (nSPS) is 10.6. The highest BCUT2D eigenvalue weighted by Gasteiger charge is 2.16. The molecule has 0 aliphatic heterocycles. The minimum absolute atomic E-state index is 0.00297. The minimum Gasteiger partial charge on any atom is -0.495 e. The molecule has 0 unspecified atom stereocenters. The number of hydrogen-bond acceptors (Lipinski definition) is 5. The second-order valence-electron chi connectivity index (χ2n) is 5.62.